The van der Waals surface area contributed by atoms with Crippen molar-refractivity contribution >= 4 is 0 Å². The van der Waals surface area contributed by atoms with E-state index in [4.69, 9.17) is 0 Å². The van der Waals surface area contributed by atoms with E-state index in [-0.39, 0.29) is 5.82 Å². The molecule has 1 nitrogen and oxygen atoms in total. The molecule has 0 fully saturated rings. The van der Waals surface area contributed by atoms with Gasteiger partial charge in [0.05, 0.1) is 5.69 Å². The summed E-state index contributed by atoms with van der Waals surface area (Å²) in [4.78, 5) is 4.19. The zero-order valence-corrected chi connectivity index (χ0v) is 7.50. The Morgan fingerprint density at radius 3 is 2.93 bits per heavy atom. The van der Waals surface area contributed by atoms with Crippen LogP contribution >= 0.6 is 0 Å². The summed E-state index contributed by atoms with van der Waals surface area (Å²) < 4.78 is 13.5. The van der Waals surface area contributed by atoms with Gasteiger partial charge in [-0.15, -0.1) is 0 Å². The molecule has 0 unspecified atom stereocenters. The smallest absolute Gasteiger partial charge is 0.134 e. The third kappa shape index (κ3) is 0.909. The molecule has 0 saturated heterocycles. The van der Waals surface area contributed by atoms with Gasteiger partial charge in [0.25, 0.3) is 0 Å². The van der Waals surface area contributed by atoms with E-state index in [1.807, 2.05) is 24.3 Å². The predicted octanol–water partition coefficient (Wildman–Crippen LogP) is 2.79. The molecular weight excluding hydrogens is 177 g/mol. The fourth-order valence-electron chi connectivity index (χ4n) is 2.00. The van der Waals surface area contributed by atoms with Gasteiger partial charge < -0.3 is 0 Å². The number of aromatic nitrogens is 1. The number of halogens is 1. The Labute approximate surface area is 81.2 Å². The lowest BCUT2D eigenvalue weighted by Gasteiger charge is -2.00. The van der Waals surface area contributed by atoms with Crippen LogP contribution in [0.25, 0.3) is 11.1 Å². The van der Waals surface area contributed by atoms with E-state index >= 15 is 0 Å². The van der Waals surface area contributed by atoms with Gasteiger partial charge in [-0.1, -0.05) is 24.3 Å². The first-order valence-electron chi connectivity index (χ1n) is 4.58. The van der Waals surface area contributed by atoms with Crippen LogP contribution in [0.3, 0.4) is 0 Å². The molecule has 1 aromatic heterocycles. The lowest BCUT2D eigenvalue weighted by molar-refractivity contribution is 0.628. The summed E-state index contributed by atoms with van der Waals surface area (Å²) in [5, 5.41) is 0. The SMILES string of the molecule is Fc1ccnc2c1-c1ccccc1C2. The quantitative estimate of drug-likeness (QED) is 0.524. The highest BCUT2D eigenvalue weighted by atomic mass is 19.1. The largest absolute Gasteiger partial charge is 0.260 e. The van der Waals surface area contributed by atoms with Crippen molar-refractivity contribution in [3.63, 3.8) is 0 Å². The Morgan fingerprint density at radius 2 is 2.00 bits per heavy atom. The minimum Gasteiger partial charge on any atom is -0.260 e. The molecule has 2 heteroatoms. The lowest BCUT2D eigenvalue weighted by Crippen LogP contribution is -1.88. The number of pyridine rings is 1. The van der Waals surface area contributed by atoms with E-state index < -0.39 is 0 Å². The van der Waals surface area contributed by atoms with Crippen molar-refractivity contribution < 1.29 is 4.39 Å². The highest BCUT2D eigenvalue weighted by molar-refractivity contribution is 5.75. The molecule has 1 aromatic carbocycles. The second kappa shape index (κ2) is 2.64. The van der Waals surface area contributed by atoms with Gasteiger partial charge in [0, 0.05) is 18.2 Å². The van der Waals surface area contributed by atoms with Crippen LogP contribution in [0.4, 0.5) is 4.39 Å². The van der Waals surface area contributed by atoms with Crippen LogP contribution in [0.5, 0.6) is 0 Å². The number of hydrogen-bond acceptors (Lipinski definition) is 1. The molecule has 14 heavy (non-hydrogen) atoms. The second-order valence-electron chi connectivity index (χ2n) is 3.45. The average molecular weight is 185 g/mol. The van der Waals surface area contributed by atoms with Gasteiger partial charge in [-0.2, -0.15) is 0 Å². The topological polar surface area (TPSA) is 12.9 Å². The molecule has 2 aromatic rings. The Balaban J connectivity index is 2.35. The van der Waals surface area contributed by atoms with Crippen molar-refractivity contribution in [2.75, 3.05) is 0 Å². The molecule has 0 atom stereocenters. The van der Waals surface area contributed by atoms with Crippen LogP contribution < -0.4 is 0 Å². The molecule has 1 aliphatic carbocycles. The summed E-state index contributed by atoms with van der Waals surface area (Å²) in [6, 6.07) is 9.30. The first-order valence-corrected chi connectivity index (χ1v) is 4.58. The summed E-state index contributed by atoms with van der Waals surface area (Å²) in [5.74, 6) is -0.167. The van der Waals surface area contributed by atoms with Gasteiger partial charge in [0.1, 0.15) is 5.82 Å². The number of benzene rings is 1. The molecule has 0 bridgehead atoms. The Kier molecular flexibility index (Phi) is 1.45. The van der Waals surface area contributed by atoms with E-state index in [0.29, 0.717) is 5.56 Å². The standard InChI is InChI=1S/C12H8FN/c13-10-5-6-14-11-7-8-3-1-2-4-9(8)12(10)11/h1-6H,7H2. The zero-order chi connectivity index (χ0) is 9.54. The minimum absolute atomic E-state index is 0.167. The monoisotopic (exact) mass is 185 g/mol. The first kappa shape index (κ1) is 7.68. The number of rotatable bonds is 0. The zero-order valence-electron chi connectivity index (χ0n) is 7.50. The van der Waals surface area contributed by atoms with Crippen LogP contribution in [0.2, 0.25) is 0 Å². The predicted molar refractivity (Wildman–Crippen MR) is 52.4 cm³/mol. The fourth-order valence-corrected chi connectivity index (χ4v) is 2.00. The van der Waals surface area contributed by atoms with Gasteiger partial charge in [-0.05, 0) is 17.2 Å². The fraction of sp³-hybridized carbons (Fsp3) is 0.0833. The van der Waals surface area contributed by atoms with Crippen molar-refractivity contribution in [1.82, 2.24) is 4.98 Å². The third-order valence-electron chi connectivity index (χ3n) is 2.62. The molecule has 0 N–H and O–H groups in total. The highest BCUT2D eigenvalue weighted by Gasteiger charge is 2.21. The summed E-state index contributed by atoms with van der Waals surface area (Å²) >= 11 is 0. The maximum atomic E-state index is 13.5. The van der Waals surface area contributed by atoms with Crippen LogP contribution in [0, 0.1) is 5.82 Å². The molecule has 1 aliphatic rings. The van der Waals surface area contributed by atoms with Gasteiger partial charge in [-0.25, -0.2) is 4.39 Å². The van der Waals surface area contributed by atoms with E-state index in [1.54, 1.807) is 0 Å². The van der Waals surface area contributed by atoms with E-state index in [0.717, 1.165) is 17.7 Å². The molecule has 0 radical (unpaired) electrons. The van der Waals surface area contributed by atoms with Gasteiger partial charge in [-0.3, -0.25) is 4.98 Å². The summed E-state index contributed by atoms with van der Waals surface area (Å²) in [6.07, 6.45) is 2.28. The van der Waals surface area contributed by atoms with Crippen molar-refractivity contribution in [3.05, 3.63) is 53.6 Å². The molecule has 0 saturated carbocycles. The van der Waals surface area contributed by atoms with Gasteiger partial charge >= 0.3 is 0 Å². The van der Waals surface area contributed by atoms with E-state index in [2.05, 4.69) is 4.98 Å². The van der Waals surface area contributed by atoms with E-state index in [1.165, 1.54) is 17.8 Å². The normalized spacial score (nSPS) is 12.4. The second-order valence-corrected chi connectivity index (χ2v) is 3.45. The molecule has 3 rings (SSSR count). The molecule has 0 aliphatic heterocycles. The van der Waals surface area contributed by atoms with Gasteiger partial charge in [0.15, 0.2) is 0 Å². The maximum absolute atomic E-state index is 13.5. The molecular formula is C12H8FN. The molecule has 1 heterocycles. The first-order chi connectivity index (χ1) is 6.86. The third-order valence-corrected chi connectivity index (χ3v) is 2.62. The van der Waals surface area contributed by atoms with E-state index in [9.17, 15) is 4.39 Å². The van der Waals surface area contributed by atoms with Crippen molar-refractivity contribution in [3.8, 4) is 11.1 Å². The van der Waals surface area contributed by atoms with Crippen LogP contribution in [0.15, 0.2) is 36.5 Å². The molecule has 0 spiro atoms. The lowest BCUT2D eigenvalue weighted by atomic mass is 10.1. The Hall–Kier alpha value is -1.70. The van der Waals surface area contributed by atoms with Crippen molar-refractivity contribution in [2.24, 2.45) is 0 Å². The Bertz CT molecular complexity index is 505. The van der Waals surface area contributed by atoms with Crippen LogP contribution in [0.1, 0.15) is 11.3 Å². The van der Waals surface area contributed by atoms with Crippen molar-refractivity contribution in [1.29, 1.82) is 0 Å². The van der Waals surface area contributed by atoms with Crippen LogP contribution in [-0.2, 0) is 6.42 Å². The minimum atomic E-state index is -0.167. The molecule has 68 valence electrons. The number of fused-ring (bicyclic) bond motifs is 3. The van der Waals surface area contributed by atoms with Gasteiger partial charge in [0.2, 0.25) is 0 Å². The maximum Gasteiger partial charge on any atom is 0.134 e. The van der Waals surface area contributed by atoms with Crippen molar-refractivity contribution in [2.45, 2.75) is 6.42 Å². The average Bonchev–Trinajstić information content (AvgIpc) is 2.57. The Morgan fingerprint density at radius 1 is 1.14 bits per heavy atom. The number of hydrogen-bond donors (Lipinski definition) is 0. The summed E-state index contributed by atoms with van der Waals surface area (Å²) in [7, 11) is 0. The summed E-state index contributed by atoms with van der Waals surface area (Å²) in [5.41, 5.74) is 3.70. The summed E-state index contributed by atoms with van der Waals surface area (Å²) in [6.45, 7) is 0. The molecule has 0 amide bonds. The van der Waals surface area contributed by atoms with Crippen LogP contribution in [-0.4, -0.2) is 4.98 Å². The number of nitrogens with zero attached hydrogens (tertiary/aromatic N) is 1. The highest BCUT2D eigenvalue weighted by Crippen LogP contribution is 2.36.